The zero-order valence-corrected chi connectivity index (χ0v) is 15.2. The summed E-state index contributed by atoms with van der Waals surface area (Å²) < 4.78 is 69.7. The third-order valence-electron chi connectivity index (χ3n) is 4.57. The minimum Gasteiger partial charge on any atom is -0.468 e. The molecule has 1 aliphatic carbocycles. The molecule has 1 N–H and O–H groups in total. The van der Waals surface area contributed by atoms with E-state index in [1.807, 2.05) is 0 Å². The molecule has 0 aliphatic heterocycles. The number of halogens is 3. The van der Waals surface area contributed by atoms with Gasteiger partial charge >= 0.3 is 12.1 Å². The molecule has 9 heteroatoms. The van der Waals surface area contributed by atoms with Gasteiger partial charge in [-0.05, 0) is 36.6 Å². The number of sulfonamides is 1. The Morgan fingerprint density at radius 3 is 2.27 bits per heavy atom. The van der Waals surface area contributed by atoms with Gasteiger partial charge in [-0.1, -0.05) is 32.1 Å². The molecule has 1 atom stereocenters. The van der Waals surface area contributed by atoms with Crippen molar-refractivity contribution in [3.05, 3.63) is 29.8 Å². The number of carbonyl (C=O) groups is 1. The van der Waals surface area contributed by atoms with Gasteiger partial charge in [0.05, 0.1) is 17.6 Å². The third-order valence-corrected chi connectivity index (χ3v) is 6.06. The zero-order valence-electron chi connectivity index (χ0n) is 14.4. The number of hydrogen-bond acceptors (Lipinski definition) is 4. The Balaban J connectivity index is 2.15. The monoisotopic (exact) mass is 393 g/mol. The Bertz CT molecular complexity index is 711. The molecule has 0 amide bonds. The number of rotatable bonds is 6. The predicted molar refractivity (Wildman–Crippen MR) is 88.8 cm³/mol. The van der Waals surface area contributed by atoms with Gasteiger partial charge < -0.3 is 4.74 Å². The van der Waals surface area contributed by atoms with Crippen LogP contribution >= 0.6 is 0 Å². The van der Waals surface area contributed by atoms with Crippen LogP contribution in [0.2, 0.25) is 0 Å². The fraction of sp³-hybridized carbons (Fsp3) is 0.588. The molecule has 146 valence electrons. The van der Waals surface area contributed by atoms with Gasteiger partial charge in [-0.15, -0.1) is 0 Å². The largest absolute Gasteiger partial charge is 0.468 e. The highest BCUT2D eigenvalue weighted by Gasteiger charge is 2.32. The van der Waals surface area contributed by atoms with E-state index in [9.17, 15) is 26.4 Å². The molecule has 26 heavy (non-hydrogen) atoms. The van der Waals surface area contributed by atoms with Crippen LogP contribution in [0.15, 0.2) is 29.2 Å². The number of methoxy groups -OCH3 is 1. The first-order valence-corrected chi connectivity index (χ1v) is 9.89. The molecule has 1 aliphatic rings. The van der Waals surface area contributed by atoms with Crippen molar-refractivity contribution < 1.29 is 31.1 Å². The molecule has 0 bridgehead atoms. The number of alkyl halides is 3. The minimum atomic E-state index is -4.55. The van der Waals surface area contributed by atoms with E-state index in [2.05, 4.69) is 9.46 Å². The first-order chi connectivity index (χ1) is 12.1. The maximum Gasteiger partial charge on any atom is 0.416 e. The molecular weight excluding hydrogens is 371 g/mol. The Kier molecular flexibility index (Phi) is 6.68. The van der Waals surface area contributed by atoms with Crippen molar-refractivity contribution in [1.29, 1.82) is 0 Å². The normalized spacial score (nSPS) is 17.7. The van der Waals surface area contributed by atoms with Crippen LogP contribution < -0.4 is 4.72 Å². The second-order valence-electron chi connectivity index (χ2n) is 6.46. The lowest BCUT2D eigenvalue weighted by atomic mass is 9.85. The van der Waals surface area contributed by atoms with Crippen LogP contribution in [0.1, 0.15) is 44.1 Å². The third kappa shape index (κ3) is 5.44. The summed E-state index contributed by atoms with van der Waals surface area (Å²) in [5, 5.41) is 0. The van der Waals surface area contributed by atoms with Gasteiger partial charge in [-0.25, -0.2) is 8.42 Å². The number of esters is 1. The van der Waals surface area contributed by atoms with Crippen molar-refractivity contribution in [2.75, 3.05) is 7.11 Å². The highest BCUT2D eigenvalue weighted by atomic mass is 32.2. The van der Waals surface area contributed by atoms with E-state index in [1.54, 1.807) is 0 Å². The molecule has 0 heterocycles. The van der Waals surface area contributed by atoms with Crippen LogP contribution in [0.5, 0.6) is 0 Å². The molecule has 2 rings (SSSR count). The quantitative estimate of drug-likeness (QED) is 0.751. The summed E-state index contributed by atoms with van der Waals surface area (Å²) >= 11 is 0. The second kappa shape index (κ2) is 8.39. The van der Waals surface area contributed by atoms with Crippen LogP contribution in [0.25, 0.3) is 0 Å². The topological polar surface area (TPSA) is 72.5 Å². The highest BCUT2D eigenvalue weighted by molar-refractivity contribution is 7.89. The standard InChI is InChI=1S/C17H22F3NO4S/c1-25-16(22)15(11-12-5-3-2-4-6-12)21-26(23,24)14-9-7-13(8-10-14)17(18,19)20/h7-10,12,15,21H,2-6,11H2,1H3. The van der Waals surface area contributed by atoms with Gasteiger partial charge in [0.2, 0.25) is 10.0 Å². The van der Waals surface area contributed by atoms with Gasteiger partial charge in [0.1, 0.15) is 6.04 Å². The Labute approximate surface area is 151 Å². The summed E-state index contributed by atoms with van der Waals surface area (Å²) in [7, 11) is -2.98. The first-order valence-electron chi connectivity index (χ1n) is 8.41. The molecular formula is C17H22F3NO4S. The Morgan fingerprint density at radius 1 is 1.19 bits per heavy atom. The average Bonchev–Trinajstić information content (AvgIpc) is 2.60. The number of benzene rings is 1. The lowest BCUT2D eigenvalue weighted by Crippen LogP contribution is -2.42. The van der Waals surface area contributed by atoms with E-state index in [0.717, 1.165) is 44.2 Å². The molecule has 0 aromatic heterocycles. The van der Waals surface area contributed by atoms with E-state index in [0.29, 0.717) is 18.6 Å². The van der Waals surface area contributed by atoms with Crippen LogP contribution in [0.3, 0.4) is 0 Å². The van der Waals surface area contributed by atoms with E-state index in [-0.39, 0.29) is 10.8 Å². The van der Waals surface area contributed by atoms with Crippen molar-refractivity contribution >= 4 is 16.0 Å². The van der Waals surface area contributed by atoms with Crippen LogP contribution in [-0.4, -0.2) is 27.5 Å². The van der Waals surface area contributed by atoms with Gasteiger partial charge in [0.15, 0.2) is 0 Å². The van der Waals surface area contributed by atoms with Crippen molar-refractivity contribution in [3.8, 4) is 0 Å². The molecule has 1 aromatic rings. The average molecular weight is 393 g/mol. The lowest BCUT2D eigenvalue weighted by Gasteiger charge is -2.25. The first kappa shape index (κ1) is 20.7. The Hall–Kier alpha value is -1.61. The maximum atomic E-state index is 12.6. The molecule has 5 nitrogen and oxygen atoms in total. The SMILES string of the molecule is COC(=O)C(CC1CCCCC1)NS(=O)(=O)c1ccc(C(F)(F)F)cc1. The van der Waals surface area contributed by atoms with Crippen LogP contribution in [0, 0.1) is 5.92 Å². The molecule has 0 spiro atoms. The molecule has 1 unspecified atom stereocenters. The number of ether oxygens (including phenoxy) is 1. The molecule has 0 radical (unpaired) electrons. The summed E-state index contributed by atoms with van der Waals surface area (Å²) in [6.45, 7) is 0. The van der Waals surface area contributed by atoms with Crippen molar-refractivity contribution in [3.63, 3.8) is 0 Å². The Morgan fingerprint density at radius 2 is 1.77 bits per heavy atom. The van der Waals surface area contributed by atoms with Crippen LogP contribution in [0.4, 0.5) is 13.2 Å². The summed E-state index contributed by atoms with van der Waals surface area (Å²) in [6, 6.07) is 2.08. The summed E-state index contributed by atoms with van der Waals surface area (Å²) in [5.41, 5.74) is -0.942. The number of hydrogen-bond donors (Lipinski definition) is 1. The zero-order chi connectivity index (χ0) is 19.4. The second-order valence-corrected chi connectivity index (χ2v) is 8.17. The van der Waals surface area contributed by atoms with Crippen molar-refractivity contribution in [2.24, 2.45) is 5.92 Å². The van der Waals surface area contributed by atoms with Gasteiger partial charge in [0.25, 0.3) is 0 Å². The van der Waals surface area contributed by atoms with Crippen molar-refractivity contribution in [2.45, 2.75) is 55.6 Å². The fourth-order valence-corrected chi connectivity index (χ4v) is 4.37. The van der Waals surface area contributed by atoms with Crippen LogP contribution in [-0.2, 0) is 25.7 Å². The van der Waals surface area contributed by atoms with Gasteiger partial charge in [0, 0.05) is 0 Å². The molecule has 1 saturated carbocycles. The number of carbonyl (C=O) groups excluding carboxylic acids is 1. The molecule has 0 saturated heterocycles. The lowest BCUT2D eigenvalue weighted by molar-refractivity contribution is -0.143. The molecule has 1 aromatic carbocycles. The summed E-state index contributed by atoms with van der Waals surface area (Å²) in [6.07, 6.45) is 0.772. The summed E-state index contributed by atoms with van der Waals surface area (Å²) in [5.74, 6) is -0.491. The maximum absolute atomic E-state index is 12.6. The fourth-order valence-electron chi connectivity index (χ4n) is 3.17. The summed E-state index contributed by atoms with van der Waals surface area (Å²) in [4.78, 5) is 11.7. The van der Waals surface area contributed by atoms with Gasteiger partial charge in [-0.2, -0.15) is 17.9 Å². The molecule has 1 fully saturated rings. The predicted octanol–water partition coefficient (Wildman–Crippen LogP) is 3.50. The minimum absolute atomic E-state index is 0.211. The van der Waals surface area contributed by atoms with E-state index in [4.69, 9.17) is 0 Å². The van der Waals surface area contributed by atoms with E-state index >= 15 is 0 Å². The smallest absolute Gasteiger partial charge is 0.416 e. The van der Waals surface area contributed by atoms with E-state index in [1.165, 1.54) is 7.11 Å². The highest BCUT2D eigenvalue weighted by Crippen LogP contribution is 2.30. The number of nitrogens with one attached hydrogen (secondary N) is 1. The van der Waals surface area contributed by atoms with Crippen molar-refractivity contribution in [1.82, 2.24) is 4.72 Å². The van der Waals surface area contributed by atoms with Gasteiger partial charge in [-0.3, -0.25) is 4.79 Å². The van der Waals surface area contributed by atoms with E-state index < -0.39 is 33.8 Å².